The Kier molecular flexibility index (Phi) is 7.96. The molecule has 0 spiro atoms. The molecule has 24 heavy (non-hydrogen) atoms. The molecular weight excluding hydrogens is 328 g/mol. The molecule has 1 aromatic heterocycles. The van der Waals surface area contributed by atoms with Gasteiger partial charge in [-0.15, -0.1) is 0 Å². The predicted octanol–water partition coefficient (Wildman–Crippen LogP) is 3.45. The Balaban J connectivity index is 0.000000272. The highest BCUT2D eigenvalue weighted by Gasteiger charge is 2.02. The van der Waals surface area contributed by atoms with E-state index in [-0.39, 0.29) is 0 Å². The number of hydrogen-bond donors (Lipinski definition) is 1. The predicted molar refractivity (Wildman–Crippen MR) is 92.8 cm³/mol. The summed E-state index contributed by atoms with van der Waals surface area (Å²) in [4.78, 5) is 19.7. The fraction of sp³-hybridized carbons (Fsp3) is 0.176. The van der Waals surface area contributed by atoms with Gasteiger partial charge in [-0.05, 0) is 30.7 Å². The largest absolute Gasteiger partial charge is 0.478 e. The number of benzene rings is 1. The summed E-state index contributed by atoms with van der Waals surface area (Å²) in [5, 5.41) is 17.3. The fourth-order valence-electron chi connectivity index (χ4n) is 1.63. The molecule has 124 valence electrons. The molecule has 0 radical (unpaired) electrons. The van der Waals surface area contributed by atoms with Crippen LogP contribution in [0.3, 0.4) is 0 Å². The average Bonchev–Trinajstić information content (AvgIpc) is 2.58. The lowest BCUT2D eigenvalue weighted by Crippen LogP contribution is -2.23. The number of hydrogen-bond acceptors (Lipinski definition) is 4. The van der Waals surface area contributed by atoms with Gasteiger partial charge in [0.25, 0.3) is 0 Å². The van der Waals surface area contributed by atoms with Crippen LogP contribution in [-0.4, -0.2) is 33.8 Å². The first-order chi connectivity index (χ1) is 11.4. The maximum atomic E-state index is 10.2. The van der Waals surface area contributed by atoms with Crippen LogP contribution in [0.15, 0.2) is 53.7 Å². The number of aliphatic imine (C=N–C) groups is 1. The zero-order chi connectivity index (χ0) is 17.9. The molecule has 0 amide bonds. The quantitative estimate of drug-likeness (QED) is 0.398. The second kappa shape index (κ2) is 9.98. The van der Waals surface area contributed by atoms with Crippen molar-refractivity contribution >= 4 is 23.4 Å². The van der Waals surface area contributed by atoms with Gasteiger partial charge < -0.3 is 10.0 Å². The highest BCUT2D eigenvalue weighted by atomic mass is 35.5. The maximum Gasteiger partial charge on any atom is 0.335 e. The SMILES string of the molecule is CC(=NC#N)N(C)Cc1ccc(Cl)nc1.O=C(O)c1ccccc1. The minimum atomic E-state index is -0.879. The Bertz CT molecular complexity index is 725. The number of aromatic nitrogens is 1. The minimum Gasteiger partial charge on any atom is -0.478 e. The lowest BCUT2D eigenvalue weighted by Gasteiger charge is -2.17. The number of pyridine rings is 1. The second-order valence-electron chi connectivity index (χ2n) is 4.78. The number of aromatic carboxylic acids is 1. The number of carboxylic acid groups (broad SMARTS) is 1. The van der Waals surface area contributed by atoms with Crippen LogP contribution in [0.5, 0.6) is 0 Å². The summed E-state index contributed by atoms with van der Waals surface area (Å²) < 4.78 is 0. The molecule has 0 bridgehead atoms. The Morgan fingerprint density at radius 1 is 1.33 bits per heavy atom. The first-order valence-corrected chi connectivity index (χ1v) is 7.35. The van der Waals surface area contributed by atoms with Gasteiger partial charge in [-0.25, -0.2) is 9.78 Å². The van der Waals surface area contributed by atoms with Crippen molar-refractivity contribution < 1.29 is 9.90 Å². The van der Waals surface area contributed by atoms with Gasteiger partial charge in [0.15, 0.2) is 0 Å². The molecule has 7 heteroatoms. The van der Waals surface area contributed by atoms with Crippen LogP contribution in [0.25, 0.3) is 0 Å². The van der Waals surface area contributed by atoms with E-state index in [2.05, 4.69) is 9.98 Å². The van der Waals surface area contributed by atoms with Crippen LogP contribution >= 0.6 is 11.6 Å². The molecule has 1 heterocycles. The number of carbonyl (C=O) groups is 1. The average molecular weight is 345 g/mol. The number of carboxylic acids is 1. The number of halogens is 1. The maximum absolute atomic E-state index is 10.2. The van der Waals surface area contributed by atoms with Crippen LogP contribution in [0.4, 0.5) is 0 Å². The van der Waals surface area contributed by atoms with Crippen molar-refractivity contribution in [3.8, 4) is 6.19 Å². The van der Waals surface area contributed by atoms with Crippen molar-refractivity contribution in [3.05, 3.63) is 64.9 Å². The molecule has 6 nitrogen and oxygen atoms in total. The molecule has 1 aromatic carbocycles. The molecule has 0 aliphatic heterocycles. The third-order valence-electron chi connectivity index (χ3n) is 2.99. The van der Waals surface area contributed by atoms with Gasteiger partial charge >= 0.3 is 5.97 Å². The summed E-state index contributed by atoms with van der Waals surface area (Å²) in [5.74, 6) is -0.206. The zero-order valence-corrected chi connectivity index (χ0v) is 14.1. The van der Waals surface area contributed by atoms with Crippen LogP contribution < -0.4 is 0 Å². The molecule has 0 saturated carbocycles. The molecule has 0 aliphatic carbocycles. The van der Waals surface area contributed by atoms with E-state index in [0.717, 1.165) is 5.56 Å². The zero-order valence-electron chi connectivity index (χ0n) is 13.3. The van der Waals surface area contributed by atoms with Gasteiger partial charge in [0.05, 0.1) is 5.56 Å². The second-order valence-corrected chi connectivity index (χ2v) is 5.16. The lowest BCUT2D eigenvalue weighted by molar-refractivity contribution is 0.0697. The van der Waals surface area contributed by atoms with E-state index in [9.17, 15) is 4.79 Å². The van der Waals surface area contributed by atoms with E-state index in [1.54, 1.807) is 55.7 Å². The van der Waals surface area contributed by atoms with Crippen molar-refractivity contribution in [3.63, 3.8) is 0 Å². The van der Waals surface area contributed by atoms with Crippen LogP contribution in [-0.2, 0) is 6.54 Å². The van der Waals surface area contributed by atoms with Gasteiger partial charge in [0.1, 0.15) is 11.0 Å². The van der Waals surface area contributed by atoms with Crippen molar-refractivity contribution in [2.24, 2.45) is 4.99 Å². The molecule has 0 saturated heterocycles. The van der Waals surface area contributed by atoms with E-state index in [1.165, 1.54) is 0 Å². The van der Waals surface area contributed by atoms with E-state index in [1.807, 2.05) is 18.0 Å². The van der Waals surface area contributed by atoms with E-state index < -0.39 is 5.97 Å². The van der Waals surface area contributed by atoms with E-state index in [0.29, 0.717) is 23.1 Å². The number of nitrogens with zero attached hydrogens (tertiary/aromatic N) is 4. The first-order valence-electron chi connectivity index (χ1n) is 6.97. The molecule has 0 fully saturated rings. The van der Waals surface area contributed by atoms with Gasteiger partial charge in [-0.2, -0.15) is 10.3 Å². The Labute approximate surface area is 145 Å². The highest BCUT2D eigenvalue weighted by molar-refractivity contribution is 6.29. The van der Waals surface area contributed by atoms with Crippen molar-refractivity contribution in [2.45, 2.75) is 13.5 Å². The van der Waals surface area contributed by atoms with Gasteiger partial charge in [-0.1, -0.05) is 35.9 Å². The highest BCUT2D eigenvalue weighted by Crippen LogP contribution is 2.07. The summed E-state index contributed by atoms with van der Waals surface area (Å²) in [5.41, 5.74) is 1.35. The van der Waals surface area contributed by atoms with Crippen molar-refractivity contribution in [2.75, 3.05) is 7.05 Å². The van der Waals surface area contributed by atoms with Gasteiger partial charge in [0, 0.05) is 19.8 Å². The molecule has 2 aromatic rings. The monoisotopic (exact) mass is 344 g/mol. The molecule has 0 unspecified atom stereocenters. The molecular formula is C17H17ClN4O2. The Morgan fingerprint density at radius 2 is 2.00 bits per heavy atom. The first kappa shape index (κ1) is 19.1. The molecule has 0 atom stereocenters. The van der Waals surface area contributed by atoms with Crippen LogP contribution in [0, 0.1) is 11.5 Å². The number of nitriles is 1. The van der Waals surface area contributed by atoms with Crippen molar-refractivity contribution in [1.82, 2.24) is 9.88 Å². The number of rotatable bonds is 3. The van der Waals surface area contributed by atoms with Crippen molar-refractivity contribution in [1.29, 1.82) is 5.26 Å². The summed E-state index contributed by atoms with van der Waals surface area (Å²) in [6.45, 7) is 2.44. The van der Waals surface area contributed by atoms with E-state index in [4.69, 9.17) is 22.0 Å². The van der Waals surface area contributed by atoms with Crippen LogP contribution in [0.2, 0.25) is 5.15 Å². The third-order valence-corrected chi connectivity index (χ3v) is 3.22. The van der Waals surface area contributed by atoms with Gasteiger partial charge in [0.2, 0.25) is 6.19 Å². The summed E-state index contributed by atoms with van der Waals surface area (Å²) >= 11 is 5.67. The lowest BCUT2D eigenvalue weighted by atomic mass is 10.2. The molecule has 2 rings (SSSR count). The normalized spacial score (nSPS) is 10.2. The minimum absolute atomic E-state index is 0.331. The molecule has 1 N–H and O–H groups in total. The molecule has 0 aliphatic rings. The summed E-state index contributed by atoms with van der Waals surface area (Å²) in [6, 6.07) is 11.9. The Hall–Kier alpha value is -2.91. The number of amidine groups is 1. The smallest absolute Gasteiger partial charge is 0.335 e. The Morgan fingerprint density at radius 3 is 2.46 bits per heavy atom. The van der Waals surface area contributed by atoms with Crippen LogP contribution in [0.1, 0.15) is 22.8 Å². The fourth-order valence-corrected chi connectivity index (χ4v) is 1.74. The topological polar surface area (TPSA) is 89.6 Å². The summed E-state index contributed by atoms with van der Waals surface area (Å²) in [7, 11) is 1.87. The van der Waals surface area contributed by atoms with E-state index >= 15 is 0 Å². The van der Waals surface area contributed by atoms with Gasteiger partial charge in [-0.3, -0.25) is 0 Å². The standard InChI is InChI=1S/C10H11ClN4.C7H6O2/c1-8(14-7-12)15(2)6-9-3-4-10(11)13-5-9;8-7(9)6-4-2-1-3-5-6/h3-5H,6H2,1-2H3;1-5H,(H,8,9). The third kappa shape index (κ3) is 6.90. The summed E-state index contributed by atoms with van der Waals surface area (Å²) in [6.07, 6.45) is 3.46.